The van der Waals surface area contributed by atoms with Crippen molar-refractivity contribution in [2.24, 2.45) is 0 Å². The fourth-order valence-corrected chi connectivity index (χ4v) is 2.35. The van der Waals surface area contributed by atoms with E-state index in [1.54, 1.807) is 12.1 Å². The van der Waals surface area contributed by atoms with E-state index in [9.17, 15) is 4.39 Å². The second-order valence-electron chi connectivity index (χ2n) is 5.34. The lowest BCUT2D eigenvalue weighted by Gasteiger charge is -2.20. The molecule has 3 nitrogen and oxygen atoms in total. The number of benzene rings is 1. The van der Waals surface area contributed by atoms with Crippen molar-refractivity contribution in [3.8, 4) is 6.07 Å². The van der Waals surface area contributed by atoms with E-state index in [0.717, 1.165) is 32.5 Å². The summed E-state index contributed by atoms with van der Waals surface area (Å²) in [6.07, 6.45) is 2.20. The number of nitrogens with one attached hydrogen (secondary N) is 1. The number of halogens is 1. The Kier molecular flexibility index (Phi) is 7.96. The highest BCUT2D eigenvalue weighted by Crippen LogP contribution is 2.12. The van der Waals surface area contributed by atoms with E-state index in [-0.39, 0.29) is 5.56 Å². The maximum Gasteiger partial charge on any atom is 0.145 e. The van der Waals surface area contributed by atoms with Gasteiger partial charge in [0.05, 0.1) is 5.56 Å². The summed E-state index contributed by atoms with van der Waals surface area (Å²) in [5, 5.41) is 12.2. The lowest BCUT2D eigenvalue weighted by atomic mass is 10.1. The first kappa shape index (κ1) is 17.6. The molecule has 0 saturated carbocycles. The van der Waals surface area contributed by atoms with Gasteiger partial charge in [0.15, 0.2) is 0 Å². The maximum absolute atomic E-state index is 13.9. The van der Waals surface area contributed by atoms with Crippen molar-refractivity contribution in [2.45, 2.75) is 46.2 Å². The Morgan fingerprint density at radius 2 is 2.05 bits per heavy atom. The van der Waals surface area contributed by atoms with E-state index in [0.29, 0.717) is 18.2 Å². The van der Waals surface area contributed by atoms with E-state index in [1.807, 2.05) is 6.07 Å². The maximum atomic E-state index is 13.9. The first-order chi connectivity index (χ1) is 10.1. The van der Waals surface area contributed by atoms with Gasteiger partial charge in [-0.3, -0.25) is 0 Å². The van der Waals surface area contributed by atoms with Gasteiger partial charge in [-0.2, -0.15) is 5.26 Å². The smallest absolute Gasteiger partial charge is 0.145 e. The minimum atomic E-state index is -0.400. The standard InChI is InChI=1S/C17H26FN3/c1-4-21(5-2)11-7-8-14(3)20-13-16-10-6-9-15(12-19)17(16)18/h6,9-10,14,20H,4-5,7-8,11,13H2,1-3H3. The molecule has 0 fully saturated rings. The third-order valence-corrected chi connectivity index (χ3v) is 3.85. The topological polar surface area (TPSA) is 39.1 Å². The van der Waals surface area contributed by atoms with Crippen LogP contribution in [0, 0.1) is 17.1 Å². The molecule has 0 aliphatic rings. The molecule has 0 aliphatic carbocycles. The predicted octanol–water partition coefficient (Wildman–Crippen LogP) is 3.30. The summed E-state index contributed by atoms with van der Waals surface area (Å²) in [6, 6.07) is 7.17. The zero-order chi connectivity index (χ0) is 15.7. The van der Waals surface area contributed by atoms with E-state index >= 15 is 0 Å². The average molecular weight is 291 g/mol. The molecule has 1 atom stereocenters. The van der Waals surface area contributed by atoms with Gasteiger partial charge < -0.3 is 10.2 Å². The van der Waals surface area contributed by atoms with Gasteiger partial charge in [0.25, 0.3) is 0 Å². The summed E-state index contributed by atoms with van der Waals surface area (Å²) >= 11 is 0. The van der Waals surface area contributed by atoms with Gasteiger partial charge >= 0.3 is 0 Å². The third-order valence-electron chi connectivity index (χ3n) is 3.85. The predicted molar refractivity (Wildman–Crippen MR) is 84.4 cm³/mol. The molecular weight excluding hydrogens is 265 g/mol. The molecule has 0 aliphatic heterocycles. The van der Waals surface area contributed by atoms with E-state index in [2.05, 4.69) is 31.0 Å². The van der Waals surface area contributed by atoms with E-state index in [1.165, 1.54) is 6.07 Å². The van der Waals surface area contributed by atoms with Crippen LogP contribution in [-0.4, -0.2) is 30.6 Å². The number of hydrogen-bond donors (Lipinski definition) is 1. The fraction of sp³-hybridized carbons (Fsp3) is 0.588. The van der Waals surface area contributed by atoms with Crippen LogP contribution in [0.2, 0.25) is 0 Å². The van der Waals surface area contributed by atoms with Crippen molar-refractivity contribution in [3.05, 3.63) is 35.1 Å². The quantitative estimate of drug-likeness (QED) is 0.759. The largest absolute Gasteiger partial charge is 0.310 e. The highest BCUT2D eigenvalue weighted by molar-refractivity contribution is 5.34. The Hall–Kier alpha value is -1.44. The normalized spacial score (nSPS) is 12.4. The third kappa shape index (κ3) is 5.82. The Morgan fingerprint density at radius 3 is 2.67 bits per heavy atom. The Morgan fingerprint density at radius 1 is 1.33 bits per heavy atom. The highest BCUT2D eigenvalue weighted by Gasteiger charge is 2.09. The average Bonchev–Trinajstić information content (AvgIpc) is 2.50. The van der Waals surface area contributed by atoms with Crippen LogP contribution in [0.15, 0.2) is 18.2 Å². The van der Waals surface area contributed by atoms with E-state index < -0.39 is 5.82 Å². The van der Waals surface area contributed by atoms with Crippen molar-refractivity contribution < 1.29 is 4.39 Å². The van der Waals surface area contributed by atoms with Crippen LogP contribution in [0.3, 0.4) is 0 Å². The highest BCUT2D eigenvalue weighted by atomic mass is 19.1. The minimum Gasteiger partial charge on any atom is -0.310 e. The van der Waals surface area contributed by atoms with Gasteiger partial charge in [-0.15, -0.1) is 0 Å². The van der Waals surface area contributed by atoms with Crippen molar-refractivity contribution in [3.63, 3.8) is 0 Å². The molecule has 1 aromatic carbocycles. The van der Waals surface area contributed by atoms with Gasteiger partial charge in [0, 0.05) is 18.2 Å². The van der Waals surface area contributed by atoms with Gasteiger partial charge in [-0.25, -0.2) is 4.39 Å². The molecule has 0 amide bonds. The van der Waals surface area contributed by atoms with Gasteiger partial charge in [0.1, 0.15) is 11.9 Å². The van der Waals surface area contributed by atoms with Crippen molar-refractivity contribution in [1.82, 2.24) is 10.2 Å². The molecule has 0 bridgehead atoms. The number of nitrogens with zero attached hydrogens (tertiary/aromatic N) is 2. The molecule has 1 rings (SSSR count). The molecule has 0 aromatic heterocycles. The summed E-state index contributed by atoms with van der Waals surface area (Å²) in [6.45, 7) is 10.2. The molecule has 116 valence electrons. The lowest BCUT2D eigenvalue weighted by Crippen LogP contribution is -2.29. The summed E-state index contributed by atoms with van der Waals surface area (Å²) in [7, 11) is 0. The second kappa shape index (κ2) is 9.49. The molecule has 21 heavy (non-hydrogen) atoms. The van der Waals surface area contributed by atoms with Crippen molar-refractivity contribution >= 4 is 0 Å². The summed E-state index contributed by atoms with van der Waals surface area (Å²) in [4.78, 5) is 2.41. The number of hydrogen-bond acceptors (Lipinski definition) is 3. The molecule has 0 spiro atoms. The number of rotatable bonds is 9. The second-order valence-corrected chi connectivity index (χ2v) is 5.34. The van der Waals surface area contributed by atoms with Crippen molar-refractivity contribution in [2.75, 3.05) is 19.6 Å². The molecule has 0 saturated heterocycles. The molecule has 0 heterocycles. The van der Waals surface area contributed by atoms with Crippen LogP contribution in [0.1, 0.15) is 44.7 Å². The van der Waals surface area contributed by atoms with Gasteiger partial charge in [0.2, 0.25) is 0 Å². The van der Waals surface area contributed by atoms with Crippen LogP contribution >= 0.6 is 0 Å². The molecule has 4 heteroatoms. The van der Waals surface area contributed by atoms with Gasteiger partial charge in [-0.05, 0) is 45.5 Å². The summed E-state index contributed by atoms with van der Waals surface area (Å²) in [5.41, 5.74) is 0.674. The van der Waals surface area contributed by atoms with Gasteiger partial charge in [-0.1, -0.05) is 26.0 Å². The zero-order valence-corrected chi connectivity index (χ0v) is 13.3. The van der Waals surface area contributed by atoms with Crippen LogP contribution in [0.5, 0.6) is 0 Å². The lowest BCUT2D eigenvalue weighted by molar-refractivity contribution is 0.290. The fourth-order valence-electron chi connectivity index (χ4n) is 2.35. The number of nitriles is 1. The Bertz CT molecular complexity index is 464. The first-order valence-electron chi connectivity index (χ1n) is 7.75. The molecule has 1 unspecified atom stereocenters. The molecule has 1 N–H and O–H groups in total. The zero-order valence-electron chi connectivity index (χ0n) is 13.3. The van der Waals surface area contributed by atoms with Crippen LogP contribution in [0.25, 0.3) is 0 Å². The summed E-state index contributed by atoms with van der Waals surface area (Å²) in [5.74, 6) is -0.400. The molecular formula is C17H26FN3. The Balaban J connectivity index is 2.37. The van der Waals surface area contributed by atoms with Crippen LogP contribution in [-0.2, 0) is 6.54 Å². The monoisotopic (exact) mass is 291 g/mol. The SMILES string of the molecule is CCN(CC)CCCC(C)NCc1cccc(C#N)c1F. The van der Waals surface area contributed by atoms with Crippen LogP contribution in [0.4, 0.5) is 4.39 Å². The first-order valence-corrected chi connectivity index (χ1v) is 7.75. The minimum absolute atomic E-state index is 0.114. The molecule has 1 aromatic rings. The van der Waals surface area contributed by atoms with Crippen molar-refractivity contribution in [1.29, 1.82) is 5.26 Å². The summed E-state index contributed by atoms with van der Waals surface area (Å²) < 4.78 is 13.9. The van der Waals surface area contributed by atoms with E-state index in [4.69, 9.17) is 5.26 Å². The molecule has 0 radical (unpaired) electrons. The Labute approximate surface area is 127 Å². The van der Waals surface area contributed by atoms with Crippen LogP contribution < -0.4 is 5.32 Å².